The van der Waals surface area contributed by atoms with Gasteiger partial charge in [-0.25, -0.2) is 0 Å². The average molecular weight is 324 g/mol. The minimum absolute atomic E-state index is 0.326. The standard InChI is InChI=1S/C19H20N2O3/c1-14(23-2)19(22)21-18(12-20)16-8-10-17(11-9-16)24-13-15-6-4-3-5-7-15/h3-11,14,18H,13H2,1-2H3,(H,21,22)/t14-,18-/m0/s1. The van der Waals surface area contributed by atoms with E-state index in [1.165, 1.54) is 7.11 Å². The van der Waals surface area contributed by atoms with Gasteiger partial charge in [-0.1, -0.05) is 42.5 Å². The third-order valence-corrected chi connectivity index (χ3v) is 3.60. The molecule has 0 aliphatic heterocycles. The van der Waals surface area contributed by atoms with Gasteiger partial charge in [-0.3, -0.25) is 4.79 Å². The van der Waals surface area contributed by atoms with E-state index in [4.69, 9.17) is 9.47 Å². The van der Waals surface area contributed by atoms with Crippen LogP contribution in [0.4, 0.5) is 0 Å². The summed E-state index contributed by atoms with van der Waals surface area (Å²) in [4.78, 5) is 11.8. The Hall–Kier alpha value is -2.84. The van der Waals surface area contributed by atoms with Gasteiger partial charge in [0.15, 0.2) is 0 Å². The zero-order valence-corrected chi connectivity index (χ0v) is 13.7. The van der Waals surface area contributed by atoms with Gasteiger partial charge in [0, 0.05) is 7.11 Å². The lowest BCUT2D eigenvalue weighted by Gasteiger charge is -2.15. The molecule has 0 spiro atoms. The van der Waals surface area contributed by atoms with Crippen molar-refractivity contribution in [2.75, 3.05) is 7.11 Å². The lowest BCUT2D eigenvalue weighted by Crippen LogP contribution is -2.36. The topological polar surface area (TPSA) is 71.3 Å². The largest absolute Gasteiger partial charge is 0.489 e. The fourth-order valence-corrected chi connectivity index (χ4v) is 2.05. The van der Waals surface area contributed by atoms with E-state index in [9.17, 15) is 10.1 Å². The van der Waals surface area contributed by atoms with Crippen LogP contribution in [0.5, 0.6) is 5.75 Å². The molecule has 2 rings (SSSR count). The summed E-state index contributed by atoms with van der Waals surface area (Å²) in [5.74, 6) is 0.379. The van der Waals surface area contributed by atoms with Gasteiger partial charge in [0.2, 0.25) is 5.91 Å². The van der Waals surface area contributed by atoms with Crippen molar-refractivity contribution in [3.8, 4) is 11.8 Å². The molecule has 1 amide bonds. The molecule has 0 unspecified atom stereocenters. The van der Waals surface area contributed by atoms with Crippen LogP contribution in [-0.4, -0.2) is 19.1 Å². The number of methoxy groups -OCH3 is 1. The Kier molecular flexibility index (Phi) is 6.35. The number of rotatable bonds is 7. The minimum Gasteiger partial charge on any atom is -0.489 e. The van der Waals surface area contributed by atoms with Crippen molar-refractivity contribution in [3.63, 3.8) is 0 Å². The highest BCUT2D eigenvalue weighted by molar-refractivity contribution is 5.81. The van der Waals surface area contributed by atoms with E-state index >= 15 is 0 Å². The molecule has 2 aromatic rings. The normalized spacial score (nSPS) is 12.7. The fraction of sp³-hybridized carbons (Fsp3) is 0.263. The van der Waals surface area contributed by atoms with E-state index in [2.05, 4.69) is 11.4 Å². The summed E-state index contributed by atoms with van der Waals surface area (Å²) in [6.45, 7) is 2.11. The van der Waals surface area contributed by atoms with Crippen molar-refractivity contribution >= 4 is 5.91 Å². The fourth-order valence-electron chi connectivity index (χ4n) is 2.05. The lowest BCUT2D eigenvalue weighted by atomic mass is 10.1. The van der Waals surface area contributed by atoms with Crippen LogP contribution in [0.3, 0.4) is 0 Å². The number of carbonyl (C=O) groups is 1. The molecule has 0 saturated heterocycles. The summed E-state index contributed by atoms with van der Waals surface area (Å²) in [7, 11) is 1.45. The maximum atomic E-state index is 11.8. The summed E-state index contributed by atoms with van der Waals surface area (Å²) < 4.78 is 10.7. The van der Waals surface area contributed by atoms with Gasteiger partial charge in [-0.2, -0.15) is 5.26 Å². The highest BCUT2D eigenvalue weighted by atomic mass is 16.5. The monoisotopic (exact) mass is 324 g/mol. The van der Waals surface area contributed by atoms with Crippen LogP contribution in [-0.2, 0) is 16.1 Å². The summed E-state index contributed by atoms with van der Waals surface area (Å²) in [5, 5.41) is 11.9. The Balaban J connectivity index is 1.97. The van der Waals surface area contributed by atoms with Gasteiger partial charge in [0.25, 0.3) is 0 Å². The van der Waals surface area contributed by atoms with Crippen LogP contribution in [0.2, 0.25) is 0 Å². The van der Waals surface area contributed by atoms with Crippen molar-refractivity contribution in [3.05, 3.63) is 65.7 Å². The van der Waals surface area contributed by atoms with Crippen molar-refractivity contribution in [2.24, 2.45) is 0 Å². The Morgan fingerprint density at radius 2 is 1.83 bits per heavy atom. The van der Waals surface area contributed by atoms with Crippen LogP contribution in [0, 0.1) is 11.3 Å². The number of carbonyl (C=O) groups excluding carboxylic acids is 1. The first-order chi connectivity index (χ1) is 11.6. The van der Waals surface area contributed by atoms with E-state index in [1.54, 1.807) is 31.2 Å². The quantitative estimate of drug-likeness (QED) is 0.850. The van der Waals surface area contributed by atoms with Crippen LogP contribution in [0.1, 0.15) is 24.1 Å². The first kappa shape index (κ1) is 17.5. The first-order valence-electron chi connectivity index (χ1n) is 7.63. The molecule has 0 bridgehead atoms. The Morgan fingerprint density at radius 3 is 2.42 bits per heavy atom. The summed E-state index contributed by atoms with van der Waals surface area (Å²) in [6.07, 6.45) is -0.602. The third-order valence-electron chi connectivity index (χ3n) is 3.60. The number of benzene rings is 2. The summed E-state index contributed by atoms with van der Waals surface area (Å²) >= 11 is 0. The van der Waals surface area contributed by atoms with Gasteiger partial charge >= 0.3 is 0 Å². The number of nitriles is 1. The Bertz CT molecular complexity index is 693. The zero-order chi connectivity index (χ0) is 17.4. The molecule has 124 valence electrons. The first-order valence-corrected chi connectivity index (χ1v) is 7.63. The molecule has 1 N–H and O–H groups in total. The van der Waals surface area contributed by atoms with Crippen LogP contribution in [0.15, 0.2) is 54.6 Å². The molecular weight excluding hydrogens is 304 g/mol. The number of nitrogens with one attached hydrogen (secondary N) is 1. The molecule has 2 atom stereocenters. The lowest BCUT2D eigenvalue weighted by molar-refractivity contribution is -0.130. The predicted octanol–water partition coefficient (Wildman–Crippen LogP) is 2.98. The molecule has 24 heavy (non-hydrogen) atoms. The van der Waals surface area contributed by atoms with E-state index in [0.717, 1.165) is 5.56 Å². The molecule has 0 fully saturated rings. The number of amides is 1. The number of ether oxygens (including phenoxy) is 2. The van der Waals surface area contributed by atoms with E-state index in [-0.39, 0.29) is 5.91 Å². The molecule has 5 nitrogen and oxygen atoms in total. The third kappa shape index (κ3) is 4.83. The molecule has 0 radical (unpaired) electrons. The number of nitrogens with zero attached hydrogens (tertiary/aromatic N) is 1. The van der Waals surface area contributed by atoms with Crippen LogP contribution < -0.4 is 10.1 Å². The predicted molar refractivity (Wildman–Crippen MR) is 90.2 cm³/mol. The van der Waals surface area contributed by atoms with Gasteiger partial charge < -0.3 is 14.8 Å². The zero-order valence-electron chi connectivity index (χ0n) is 13.7. The van der Waals surface area contributed by atoms with Gasteiger partial charge in [0.05, 0.1) is 6.07 Å². The van der Waals surface area contributed by atoms with Crippen molar-refractivity contribution in [2.45, 2.75) is 25.7 Å². The Morgan fingerprint density at radius 1 is 1.17 bits per heavy atom. The average Bonchev–Trinajstić information content (AvgIpc) is 2.65. The summed E-state index contributed by atoms with van der Waals surface area (Å²) in [6, 6.07) is 18.3. The van der Waals surface area contributed by atoms with Crippen molar-refractivity contribution in [1.29, 1.82) is 5.26 Å². The number of hydrogen-bond acceptors (Lipinski definition) is 4. The minimum atomic E-state index is -0.724. The SMILES string of the molecule is CO[C@@H](C)C(=O)N[C@@H](C#N)c1ccc(OCc2ccccc2)cc1. The smallest absolute Gasteiger partial charge is 0.250 e. The maximum Gasteiger partial charge on any atom is 0.250 e. The van der Waals surface area contributed by atoms with E-state index < -0.39 is 12.1 Å². The highest BCUT2D eigenvalue weighted by Gasteiger charge is 2.18. The Labute approximate surface area is 141 Å². The summed E-state index contributed by atoms with van der Waals surface area (Å²) in [5.41, 5.74) is 1.78. The molecule has 0 aliphatic rings. The second-order valence-electron chi connectivity index (χ2n) is 5.29. The molecule has 0 aromatic heterocycles. The van der Waals surface area contributed by atoms with Gasteiger partial charge in [0.1, 0.15) is 24.5 Å². The maximum absolute atomic E-state index is 11.8. The number of hydrogen-bond donors (Lipinski definition) is 1. The van der Waals surface area contributed by atoms with Crippen LogP contribution in [0.25, 0.3) is 0 Å². The molecule has 0 aliphatic carbocycles. The molecule has 0 heterocycles. The molecule has 5 heteroatoms. The molecule has 0 saturated carbocycles. The van der Waals surface area contributed by atoms with E-state index in [0.29, 0.717) is 17.9 Å². The van der Waals surface area contributed by atoms with Crippen molar-refractivity contribution < 1.29 is 14.3 Å². The van der Waals surface area contributed by atoms with Crippen LogP contribution >= 0.6 is 0 Å². The second-order valence-corrected chi connectivity index (χ2v) is 5.29. The van der Waals surface area contributed by atoms with Gasteiger partial charge in [-0.15, -0.1) is 0 Å². The molecule has 2 aromatic carbocycles. The second kappa shape index (κ2) is 8.70. The highest BCUT2D eigenvalue weighted by Crippen LogP contribution is 2.19. The van der Waals surface area contributed by atoms with Crippen molar-refractivity contribution in [1.82, 2.24) is 5.32 Å². The van der Waals surface area contributed by atoms with E-state index in [1.807, 2.05) is 30.3 Å². The molecular formula is C19H20N2O3. The van der Waals surface area contributed by atoms with Gasteiger partial charge in [-0.05, 0) is 30.2 Å².